The van der Waals surface area contributed by atoms with E-state index in [2.05, 4.69) is 25.1 Å². The lowest BCUT2D eigenvalue weighted by Crippen LogP contribution is -2.33. The van der Waals surface area contributed by atoms with Crippen LogP contribution in [0, 0.1) is 0 Å². The van der Waals surface area contributed by atoms with Crippen LogP contribution in [0.5, 0.6) is 0 Å². The molecule has 9 heteroatoms. The van der Waals surface area contributed by atoms with Crippen LogP contribution in [-0.2, 0) is 0 Å². The SMILES string of the molecule is O=c1c(Cl)c(N2CCCN(c3cccnn3)CC2)cnn1-c1ccc(Cl)cc1. The van der Waals surface area contributed by atoms with Crippen LogP contribution < -0.4 is 15.4 Å². The fourth-order valence-electron chi connectivity index (χ4n) is 3.26. The summed E-state index contributed by atoms with van der Waals surface area (Å²) < 4.78 is 1.28. The predicted molar refractivity (Wildman–Crippen MR) is 111 cm³/mol. The molecular weight excluding hydrogens is 399 g/mol. The second kappa shape index (κ2) is 8.16. The van der Waals surface area contributed by atoms with Crippen molar-refractivity contribution in [3.8, 4) is 5.69 Å². The van der Waals surface area contributed by atoms with E-state index in [1.165, 1.54) is 4.68 Å². The van der Waals surface area contributed by atoms with Gasteiger partial charge in [-0.15, -0.1) is 5.10 Å². The van der Waals surface area contributed by atoms with Crippen LogP contribution in [0.2, 0.25) is 10.0 Å². The van der Waals surface area contributed by atoms with E-state index in [0.717, 1.165) is 31.9 Å². The van der Waals surface area contributed by atoms with Crippen LogP contribution in [0.4, 0.5) is 11.5 Å². The Hall–Kier alpha value is -2.64. The molecule has 0 saturated carbocycles. The molecule has 0 aliphatic carbocycles. The lowest BCUT2D eigenvalue weighted by molar-refractivity contribution is 0.773. The predicted octanol–water partition coefficient (Wildman–Crippen LogP) is 3.05. The van der Waals surface area contributed by atoms with Crippen LogP contribution in [0.15, 0.2) is 53.6 Å². The standard InChI is InChI=1S/C19H18Cl2N6O/c20-14-4-6-15(7-5-14)27-19(28)18(21)16(13-23-27)25-9-2-10-26(12-11-25)17-3-1-8-22-24-17/h1,3-8,13H,2,9-12H2. The number of anilines is 2. The van der Waals surface area contributed by atoms with E-state index in [1.54, 1.807) is 36.7 Å². The number of halogens is 2. The summed E-state index contributed by atoms with van der Waals surface area (Å²) in [5, 5.41) is 13.2. The Balaban J connectivity index is 1.57. The van der Waals surface area contributed by atoms with Gasteiger partial charge in [0.05, 0.1) is 17.6 Å². The zero-order chi connectivity index (χ0) is 19.5. The van der Waals surface area contributed by atoms with Gasteiger partial charge in [-0.2, -0.15) is 14.9 Å². The third kappa shape index (κ3) is 3.81. The lowest BCUT2D eigenvalue weighted by atomic mass is 10.3. The molecular formula is C19H18Cl2N6O. The van der Waals surface area contributed by atoms with Crippen molar-refractivity contribution in [1.29, 1.82) is 0 Å². The number of benzene rings is 1. The largest absolute Gasteiger partial charge is 0.367 e. The summed E-state index contributed by atoms with van der Waals surface area (Å²) in [6, 6.07) is 10.7. The molecule has 0 unspecified atom stereocenters. The van der Waals surface area contributed by atoms with E-state index in [4.69, 9.17) is 23.2 Å². The third-order valence-corrected chi connectivity index (χ3v) is 5.30. The van der Waals surface area contributed by atoms with Crippen LogP contribution in [0.1, 0.15) is 6.42 Å². The molecule has 3 heterocycles. The maximum absolute atomic E-state index is 12.8. The summed E-state index contributed by atoms with van der Waals surface area (Å²) in [6.45, 7) is 3.11. The first-order valence-electron chi connectivity index (χ1n) is 8.95. The summed E-state index contributed by atoms with van der Waals surface area (Å²) in [5.41, 5.74) is 0.918. The number of hydrogen-bond acceptors (Lipinski definition) is 6. The van der Waals surface area contributed by atoms with Crippen LogP contribution >= 0.6 is 23.2 Å². The Kier molecular flexibility index (Phi) is 5.45. The van der Waals surface area contributed by atoms with Gasteiger partial charge in [-0.25, -0.2) is 0 Å². The Morgan fingerprint density at radius 1 is 0.929 bits per heavy atom. The molecule has 1 fully saturated rings. The van der Waals surface area contributed by atoms with Gasteiger partial charge in [0.2, 0.25) is 0 Å². The van der Waals surface area contributed by atoms with E-state index in [1.807, 2.05) is 12.1 Å². The molecule has 3 aromatic rings. The molecule has 0 bridgehead atoms. The normalized spacial score (nSPS) is 14.8. The molecule has 7 nitrogen and oxygen atoms in total. The minimum Gasteiger partial charge on any atom is -0.367 e. The molecule has 1 aromatic carbocycles. The molecule has 0 atom stereocenters. The van der Waals surface area contributed by atoms with Gasteiger partial charge in [0.1, 0.15) is 5.02 Å². The summed E-state index contributed by atoms with van der Waals surface area (Å²) in [5.74, 6) is 0.853. The first-order chi connectivity index (χ1) is 13.6. The molecule has 0 spiro atoms. The van der Waals surface area contributed by atoms with Crippen molar-refractivity contribution < 1.29 is 0 Å². The number of nitrogens with zero attached hydrogens (tertiary/aromatic N) is 6. The Morgan fingerprint density at radius 2 is 1.68 bits per heavy atom. The highest BCUT2D eigenvalue weighted by atomic mass is 35.5. The maximum atomic E-state index is 12.8. The van der Waals surface area contributed by atoms with Gasteiger partial charge in [-0.3, -0.25) is 4.79 Å². The van der Waals surface area contributed by atoms with Gasteiger partial charge >= 0.3 is 0 Å². The summed E-state index contributed by atoms with van der Waals surface area (Å²) in [4.78, 5) is 17.0. The van der Waals surface area contributed by atoms with Crippen LogP contribution in [0.25, 0.3) is 5.69 Å². The molecule has 1 aliphatic heterocycles. The summed E-state index contributed by atoms with van der Waals surface area (Å²) in [6.07, 6.45) is 4.22. The molecule has 1 saturated heterocycles. The van der Waals surface area contributed by atoms with E-state index >= 15 is 0 Å². The quantitative estimate of drug-likeness (QED) is 0.653. The molecule has 2 aromatic heterocycles. The van der Waals surface area contributed by atoms with Crippen molar-refractivity contribution in [2.45, 2.75) is 6.42 Å². The van der Waals surface area contributed by atoms with Crippen molar-refractivity contribution in [3.63, 3.8) is 0 Å². The second-order valence-electron chi connectivity index (χ2n) is 6.45. The minimum atomic E-state index is -0.350. The average Bonchev–Trinajstić information content (AvgIpc) is 2.98. The highest BCUT2D eigenvalue weighted by Gasteiger charge is 2.20. The van der Waals surface area contributed by atoms with E-state index in [9.17, 15) is 4.79 Å². The van der Waals surface area contributed by atoms with Gasteiger partial charge in [0, 0.05) is 37.4 Å². The summed E-state index contributed by atoms with van der Waals surface area (Å²) >= 11 is 12.4. The van der Waals surface area contributed by atoms with Gasteiger partial charge in [-0.1, -0.05) is 23.2 Å². The van der Waals surface area contributed by atoms with E-state index < -0.39 is 0 Å². The topological polar surface area (TPSA) is 67.2 Å². The third-order valence-electron chi connectivity index (χ3n) is 4.69. The van der Waals surface area contributed by atoms with Crippen molar-refractivity contribution in [2.24, 2.45) is 0 Å². The fourth-order valence-corrected chi connectivity index (χ4v) is 3.63. The zero-order valence-corrected chi connectivity index (χ0v) is 16.5. The van der Waals surface area contributed by atoms with Crippen LogP contribution in [0.3, 0.4) is 0 Å². The number of aromatic nitrogens is 4. The Morgan fingerprint density at radius 3 is 2.43 bits per heavy atom. The van der Waals surface area contributed by atoms with E-state index in [0.29, 0.717) is 22.9 Å². The fraction of sp³-hybridized carbons (Fsp3) is 0.263. The molecule has 28 heavy (non-hydrogen) atoms. The van der Waals surface area contributed by atoms with Crippen molar-refractivity contribution in [2.75, 3.05) is 36.0 Å². The molecule has 0 amide bonds. The molecule has 144 valence electrons. The van der Waals surface area contributed by atoms with E-state index in [-0.39, 0.29) is 10.6 Å². The van der Waals surface area contributed by atoms with Crippen LogP contribution in [-0.4, -0.2) is 46.2 Å². The molecule has 4 rings (SSSR count). The highest BCUT2D eigenvalue weighted by Crippen LogP contribution is 2.24. The van der Waals surface area contributed by atoms with Gasteiger partial charge in [0.25, 0.3) is 5.56 Å². The molecule has 0 radical (unpaired) electrons. The molecule has 1 aliphatic rings. The summed E-state index contributed by atoms with van der Waals surface area (Å²) in [7, 11) is 0. The van der Waals surface area contributed by atoms with Gasteiger partial charge < -0.3 is 9.80 Å². The second-order valence-corrected chi connectivity index (χ2v) is 7.26. The Bertz CT molecular complexity index is 1010. The zero-order valence-electron chi connectivity index (χ0n) is 15.0. The lowest BCUT2D eigenvalue weighted by Gasteiger charge is -2.24. The van der Waals surface area contributed by atoms with Gasteiger partial charge in [-0.05, 0) is 42.8 Å². The monoisotopic (exact) mass is 416 g/mol. The number of rotatable bonds is 3. The Labute approximate surface area is 172 Å². The van der Waals surface area contributed by atoms with Crippen molar-refractivity contribution >= 4 is 34.7 Å². The molecule has 0 N–H and O–H groups in total. The minimum absolute atomic E-state index is 0.165. The highest BCUT2D eigenvalue weighted by molar-refractivity contribution is 6.33. The smallest absolute Gasteiger partial charge is 0.292 e. The number of hydrogen-bond donors (Lipinski definition) is 0. The van der Waals surface area contributed by atoms with Crippen molar-refractivity contribution in [1.82, 2.24) is 20.0 Å². The first-order valence-corrected chi connectivity index (χ1v) is 9.70. The van der Waals surface area contributed by atoms with Crippen molar-refractivity contribution in [3.05, 3.63) is 69.2 Å². The maximum Gasteiger partial charge on any atom is 0.292 e. The first kappa shape index (κ1) is 18.7. The average molecular weight is 417 g/mol. The van der Waals surface area contributed by atoms with Gasteiger partial charge in [0.15, 0.2) is 5.82 Å².